The minimum atomic E-state index is -0.562. The average molecular weight is 328 g/mol. The Kier molecular flexibility index (Phi) is 4.66. The van der Waals surface area contributed by atoms with Gasteiger partial charge in [0.1, 0.15) is 11.3 Å². The van der Waals surface area contributed by atoms with Gasteiger partial charge in [-0.1, -0.05) is 12.1 Å². The smallest absolute Gasteiger partial charge is 0.259 e. The second-order valence-electron chi connectivity index (χ2n) is 5.70. The minimum Gasteiger partial charge on any atom is -0.497 e. The number of β-amino-alcohol motifs (C(OH)–C–C–N with tert-alkyl or cyclic N) is 1. The molecular formula is C18H20N2O4. The fraction of sp³-hybridized carbons (Fsp3) is 0.333. The molecule has 0 unspecified atom stereocenters. The molecule has 2 aromatic rings. The number of likely N-dealkylation sites (tertiary alicyclic amines) is 1. The largest absolute Gasteiger partial charge is 0.497 e. The Bertz CT molecular complexity index is 734. The molecule has 0 aliphatic carbocycles. The summed E-state index contributed by atoms with van der Waals surface area (Å²) in [6, 6.07) is 10.7. The highest BCUT2D eigenvalue weighted by atomic mass is 16.5. The first-order valence-corrected chi connectivity index (χ1v) is 7.76. The molecule has 1 N–H and O–H groups in total. The number of hydrogen-bond donors (Lipinski definition) is 1. The number of carbonyl (C=O) groups excluding carboxylic acids is 1. The van der Waals surface area contributed by atoms with Crippen LogP contribution in [0.25, 0.3) is 0 Å². The number of pyridine rings is 1. The third kappa shape index (κ3) is 3.05. The number of amides is 1. The highest BCUT2D eigenvalue weighted by molar-refractivity contribution is 5.96. The number of benzene rings is 1. The van der Waals surface area contributed by atoms with Crippen LogP contribution in [-0.2, 0) is 0 Å². The van der Waals surface area contributed by atoms with E-state index in [0.29, 0.717) is 12.0 Å². The van der Waals surface area contributed by atoms with E-state index in [1.54, 1.807) is 30.3 Å². The Morgan fingerprint density at radius 1 is 1.25 bits per heavy atom. The van der Waals surface area contributed by atoms with Gasteiger partial charge in [0.2, 0.25) is 5.88 Å². The van der Waals surface area contributed by atoms with Crippen molar-refractivity contribution in [2.75, 3.05) is 20.8 Å². The number of aromatic nitrogens is 1. The molecule has 1 fully saturated rings. The summed E-state index contributed by atoms with van der Waals surface area (Å²) in [6.45, 7) is 0.277. The van der Waals surface area contributed by atoms with E-state index < -0.39 is 6.10 Å². The molecule has 0 saturated carbocycles. The third-order valence-electron chi connectivity index (χ3n) is 4.21. The lowest BCUT2D eigenvalue weighted by Crippen LogP contribution is -2.32. The Balaban J connectivity index is 1.94. The molecule has 1 aromatic carbocycles. The number of aliphatic hydroxyl groups is 1. The number of carbonyl (C=O) groups is 1. The van der Waals surface area contributed by atoms with Crippen molar-refractivity contribution in [2.45, 2.75) is 18.6 Å². The molecular weight excluding hydrogens is 308 g/mol. The molecule has 0 spiro atoms. The van der Waals surface area contributed by atoms with Gasteiger partial charge in [-0.25, -0.2) is 4.98 Å². The summed E-state index contributed by atoms with van der Waals surface area (Å²) in [6.07, 6.45) is 1.50. The van der Waals surface area contributed by atoms with Gasteiger partial charge in [-0.2, -0.15) is 0 Å². The van der Waals surface area contributed by atoms with Crippen LogP contribution in [0.4, 0.5) is 0 Å². The maximum absolute atomic E-state index is 13.0. The molecule has 3 rings (SSSR count). The zero-order valence-corrected chi connectivity index (χ0v) is 13.7. The van der Waals surface area contributed by atoms with E-state index in [2.05, 4.69) is 4.98 Å². The lowest BCUT2D eigenvalue weighted by Gasteiger charge is -2.25. The Morgan fingerprint density at radius 3 is 2.83 bits per heavy atom. The van der Waals surface area contributed by atoms with Crippen LogP contribution in [0.15, 0.2) is 42.6 Å². The van der Waals surface area contributed by atoms with Gasteiger partial charge in [0.15, 0.2) is 0 Å². The van der Waals surface area contributed by atoms with Crippen molar-refractivity contribution < 1.29 is 19.4 Å². The van der Waals surface area contributed by atoms with E-state index in [0.717, 1.165) is 11.3 Å². The van der Waals surface area contributed by atoms with Crippen molar-refractivity contribution in [2.24, 2.45) is 0 Å². The normalized spacial score (nSPS) is 20.0. The summed E-state index contributed by atoms with van der Waals surface area (Å²) in [5, 5.41) is 10.1. The van der Waals surface area contributed by atoms with Crippen molar-refractivity contribution in [3.8, 4) is 11.6 Å². The van der Waals surface area contributed by atoms with Crippen molar-refractivity contribution >= 4 is 5.91 Å². The van der Waals surface area contributed by atoms with Crippen LogP contribution in [0.5, 0.6) is 11.6 Å². The number of ether oxygens (including phenoxy) is 2. The van der Waals surface area contributed by atoms with Gasteiger partial charge in [0.05, 0.1) is 26.4 Å². The predicted octanol–water partition coefficient (Wildman–Crippen LogP) is 2.05. The molecule has 126 valence electrons. The lowest BCUT2D eigenvalue weighted by atomic mass is 10.0. The van der Waals surface area contributed by atoms with E-state index in [9.17, 15) is 9.90 Å². The molecule has 1 amide bonds. The molecule has 0 radical (unpaired) electrons. The van der Waals surface area contributed by atoms with E-state index >= 15 is 0 Å². The van der Waals surface area contributed by atoms with Crippen LogP contribution < -0.4 is 9.47 Å². The van der Waals surface area contributed by atoms with E-state index in [4.69, 9.17) is 9.47 Å². The van der Waals surface area contributed by atoms with E-state index in [1.165, 1.54) is 7.11 Å². The van der Waals surface area contributed by atoms with Crippen LogP contribution in [-0.4, -0.2) is 47.8 Å². The lowest BCUT2D eigenvalue weighted by molar-refractivity contribution is 0.0711. The van der Waals surface area contributed by atoms with Gasteiger partial charge < -0.3 is 19.5 Å². The summed E-state index contributed by atoms with van der Waals surface area (Å²) in [4.78, 5) is 18.7. The van der Waals surface area contributed by atoms with Gasteiger partial charge in [0, 0.05) is 12.7 Å². The first kappa shape index (κ1) is 16.3. The molecule has 1 aliphatic rings. The zero-order chi connectivity index (χ0) is 17.1. The van der Waals surface area contributed by atoms with Gasteiger partial charge in [-0.15, -0.1) is 0 Å². The van der Waals surface area contributed by atoms with Crippen molar-refractivity contribution in [1.29, 1.82) is 0 Å². The number of rotatable bonds is 4. The molecule has 0 bridgehead atoms. The first-order chi connectivity index (χ1) is 11.6. The fourth-order valence-corrected chi connectivity index (χ4v) is 3.07. The van der Waals surface area contributed by atoms with Crippen molar-refractivity contribution in [3.63, 3.8) is 0 Å². The first-order valence-electron chi connectivity index (χ1n) is 7.76. The van der Waals surface area contributed by atoms with Crippen molar-refractivity contribution in [3.05, 3.63) is 53.7 Å². The van der Waals surface area contributed by atoms with E-state index in [-0.39, 0.29) is 24.4 Å². The molecule has 1 aliphatic heterocycles. The summed E-state index contributed by atoms with van der Waals surface area (Å²) >= 11 is 0. The Labute approximate surface area is 140 Å². The SMILES string of the molecule is COc1cccc([C@@H]2C[C@H](O)CN2C(=O)c2cccnc2OC)c1. The molecule has 2 atom stereocenters. The number of hydrogen-bond acceptors (Lipinski definition) is 5. The Hall–Kier alpha value is -2.60. The molecule has 6 heteroatoms. The maximum Gasteiger partial charge on any atom is 0.259 e. The van der Waals surface area contributed by atoms with Gasteiger partial charge in [-0.3, -0.25) is 4.79 Å². The number of nitrogens with zero attached hydrogens (tertiary/aromatic N) is 2. The molecule has 24 heavy (non-hydrogen) atoms. The number of aliphatic hydroxyl groups excluding tert-OH is 1. The summed E-state index contributed by atoms with van der Waals surface area (Å²) in [5.74, 6) is 0.804. The van der Waals surface area contributed by atoms with Gasteiger partial charge in [-0.05, 0) is 36.2 Å². The van der Waals surface area contributed by atoms with E-state index in [1.807, 2.05) is 24.3 Å². The van der Waals surface area contributed by atoms with Crippen LogP contribution >= 0.6 is 0 Å². The van der Waals surface area contributed by atoms with Gasteiger partial charge >= 0.3 is 0 Å². The van der Waals surface area contributed by atoms with Crippen LogP contribution in [0.1, 0.15) is 28.4 Å². The maximum atomic E-state index is 13.0. The average Bonchev–Trinajstić information content (AvgIpc) is 3.03. The highest BCUT2D eigenvalue weighted by Gasteiger charge is 2.36. The second kappa shape index (κ2) is 6.88. The summed E-state index contributed by atoms with van der Waals surface area (Å²) in [5.41, 5.74) is 1.32. The summed E-state index contributed by atoms with van der Waals surface area (Å²) < 4.78 is 10.5. The van der Waals surface area contributed by atoms with Crippen LogP contribution in [0.3, 0.4) is 0 Å². The topological polar surface area (TPSA) is 71.9 Å². The van der Waals surface area contributed by atoms with Crippen molar-refractivity contribution in [1.82, 2.24) is 9.88 Å². The Morgan fingerprint density at radius 2 is 2.08 bits per heavy atom. The molecule has 2 heterocycles. The third-order valence-corrected chi connectivity index (χ3v) is 4.21. The highest BCUT2D eigenvalue weighted by Crippen LogP contribution is 2.35. The minimum absolute atomic E-state index is 0.204. The number of methoxy groups -OCH3 is 2. The molecule has 6 nitrogen and oxygen atoms in total. The fourth-order valence-electron chi connectivity index (χ4n) is 3.07. The molecule has 1 aromatic heterocycles. The zero-order valence-electron chi connectivity index (χ0n) is 13.7. The second-order valence-corrected chi connectivity index (χ2v) is 5.70. The summed E-state index contributed by atoms with van der Waals surface area (Å²) in [7, 11) is 3.09. The quantitative estimate of drug-likeness (QED) is 0.930. The van der Waals surface area contributed by atoms with Crippen LogP contribution in [0, 0.1) is 0 Å². The molecule has 1 saturated heterocycles. The standard InChI is InChI=1S/C18H20N2O4/c1-23-14-6-3-5-12(9-14)16-10-13(21)11-20(16)18(22)15-7-4-8-19-17(15)24-2/h3-9,13,16,21H,10-11H2,1-2H3/t13-,16-/m0/s1. The van der Waals surface area contributed by atoms with Crippen LogP contribution in [0.2, 0.25) is 0 Å². The monoisotopic (exact) mass is 328 g/mol. The van der Waals surface area contributed by atoms with Gasteiger partial charge in [0.25, 0.3) is 5.91 Å². The predicted molar refractivity (Wildman–Crippen MR) is 88.2 cm³/mol.